The smallest absolute Gasteiger partial charge is 0.407 e. The number of carboxylic acids is 1. The van der Waals surface area contributed by atoms with Gasteiger partial charge in [0.05, 0.1) is 11.8 Å². The predicted molar refractivity (Wildman–Crippen MR) is 126 cm³/mol. The normalized spacial score (nSPS) is 24.3. The van der Waals surface area contributed by atoms with Crippen LogP contribution in [0.2, 0.25) is 0 Å². The van der Waals surface area contributed by atoms with Crippen molar-refractivity contribution in [2.45, 2.75) is 32.2 Å². The van der Waals surface area contributed by atoms with Crippen molar-refractivity contribution in [3.63, 3.8) is 0 Å². The lowest BCUT2D eigenvalue weighted by atomic mass is 9.98. The summed E-state index contributed by atoms with van der Waals surface area (Å²) in [5.74, 6) is -1.32. The molecule has 7 heteroatoms. The first-order valence-corrected chi connectivity index (χ1v) is 12.0. The SMILES string of the molecule is CC(NC(=O)OCC1c2ccccc2-c2ccccc21)C(C)C(=O)N1CC[C@H]2C(C(=O)O)[C@H]2C1. The zero-order valence-electron chi connectivity index (χ0n) is 19.4. The van der Waals surface area contributed by atoms with Crippen molar-refractivity contribution in [2.24, 2.45) is 23.7 Å². The third-order valence-electron chi connectivity index (χ3n) is 7.92. The summed E-state index contributed by atoms with van der Waals surface area (Å²) in [7, 11) is 0. The van der Waals surface area contributed by atoms with Crippen molar-refractivity contribution < 1.29 is 24.2 Å². The van der Waals surface area contributed by atoms with E-state index in [0.29, 0.717) is 13.1 Å². The Morgan fingerprint density at radius 1 is 1.03 bits per heavy atom. The fraction of sp³-hybridized carbons (Fsp3) is 0.444. The number of piperidine rings is 1. The number of nitrogens with zero attached hydrogens (tertiary/aromatic N) is 1. The number of benzene rings is 2. The van der Waals surface area contributed by atoms with E-state index in [1.807, 2.05) is 24.3 Å². The van der Waals surface area contributed by atoms with Gasteiger partial charge < -0.3 is 20.1 Å². The maximum absolute atomic E-state index is 13.0. The summed E-state index contributed by atoms with van der Waals surface area (Å²) in [5, 5.41) is 12.1. The van der Waals surface area contributed by atoms with Crippen LogP contribution in [-0.4, -0.2) is 53.7 Å². The minimum absolute atomic E-state index is 0.0190. The van der Waals surface area contributed by atoms with Crippen LogP contribution in [0.4, 0.5) is 4.79 Å². The Morgan fingerprint density at radius 3 is 2.26 bits per heavy atom. The van der Waals surface area contributed by atoms with E-state index in [2.05, 4.69) is 29.6 Å². The van der Waals surface area contributed by atoms with Crippen LogP contribution >= 0.6 is 0 Å². The first-order chi connectivity index (χ1) is 16.4. The molecular weight excluding hydrogens is 432 g/mol. The molecule has 2 N–H and O–H groups in total. The van der Waals surface area contributed by atoms with Crippen molar-refractivity contribution in [2.75, 3.05) is 19.7 Å². The molecule has 178 valence electrons. The minimum Gasteiger partial charge on any atom is -0.481 e. The van der Waals surface area contributed by atoms with E-state index in [4.69, 9.17) is 4.74 Å². The molecule has 0 aromatic heterocycles. The number of alkyl carbamates (subject to hydrolysis) is 1. The van der Waals surface area contributed by atoms with Crippen molar-refractivity contribution in [3.8, 4) is 11.1 Å². The molecule has 7 nitrogen and oxygen atoms in total. The van der Waals surface area contributed by atoms with Gasteiger partial charge in [-0.3, -0.25) is 9.59 Å². The van der Waals surface area contributed by atoms with Gasteiger partial charge in [0, 0.05) is 25.0 Å². The summed E-state index contributed by atoms with van der Waals surface area (Å²) < 4.78 is 5.61. The van der Waals surface area contributed by atoms with Crippen LogP contribution < -0.4 is 5.32 Å². The number of hydrogen-bond acceptors (Lipinski definition) is 4. The van der Waals surface area contributed by atoms with Gasteiger partial charge in [-0.25, -0.2) is 4.79 Å². The molecule has 0 spiro atoms. The van der Waals surface area contributed by atoms with E-state index in [9.17, 15) is 19.5 Å². The van der Waals surface area contributed by atoms with Crippen LogP contribution in [0.15, 0.2) is 48.5 Å². The predicted octanol–water partition coefficient (Wildman–Crippen LogP) is 3.73. The van der Waals surface area contributed by atoms with Gasteiger partial charge in [-0.1, -0.05) is 55.5 Å². The van der Waals surface area contributed by atoms with E-state index in [1.54, 1.807) is 18.7 Å². The molecule has 3 aliphatic rings. The molecule has 2 fully saturated rings. The molecule has 5 rings (SSSR count). The molecule has 0 radical (unpaired) electrons. The second kappa shape index (κ2) is 8.78. The lowest BCUT2D eigenvalue weighted by Gasteiger charge is -2.31. The molecule has 1 saturated carbocycles. The third-order valence-corrected chi connectivity index (χ3v) is 7.92. The van der Waals surface area contributed by atoms with Crippen LogP contribution in [0.1, 0.15) is 37.3 Å². The maximum atomic E-state index is 13.0. The summed E-state index contributed by atoms with van der Waals surface area (Å²) in [5.41, 5.74) is 4.64. The standard InChI is InChI=1S/C27H30N2O5/c1-15(25(30)29-12-11-21-22(13-29)24(21)26(31)32)16(2)28-27(33)34-14-23-19-9-5-3-7-17(19)18-8-4-6-10-20(18)23/h3-10,15-16,21-24H,11-14H2,1-2H3,(H,28,33)(H,31,32)/t15?,16?,21-,22+,24?/m1/s1. The molecule has 5 atom stereocenters. The molecule has 1 aliphatic heterocycles. The second-order valence-electron chi connectivity index (χ2n) is 9.81. The third kappa shape index (κ3) is 3.93. The van der Waals surface area contributed by atoms with Crippen LogP contribution in [0.25, 0.3) is 11.1 Å². The molecule has 34 heavy (non-hydrogen) atoms. The van der Waals surface area contributed by atoms with Gasteiger partial charge in [0.25, 0.3) is 0 Å². The van der Waals surface area contributed by atoms with Gasteiger partial charge in [0.2, 0.25) is 5.91 Å². The molecule has 0 bridgehead atoms. The number of ether oxygens (including phenoxy) is 1. The summed E-state index contributed by atoms with van der Waals surface area (Å²) >= 11 is 0. The highest BCUT2D eigenvalue weighted by Crippen LogP contribution is 2.51. The number of amides is 2. The van der Waals surface area contributed by atoms with Gasteiger partial charge >= 0.3 is 12.1 Å². The van der Waals surface area contributed by atoms with Crippen molar-refractivity contribution in [1.29, 1.82) is 0 Å². The quantitative estimate of drug-likeness (QED) is 0.682. The van der Waals surface area contributed by atoms with E-state index in [-0.39, 0.29) is 36.2 Å². The average molecular weight is 463 g/mol. The van der Waals surface area contributed by atoms with Gasteiger partial charge in [0.15, 0.2) is 0 Å². The summed E-state index contributed by atoms with van der Waals surface area (Å²) in [6.45, 7) is 4.88. The van der Waals surface area contributed by atoms with E-state index in [0.717, 1.165) is 17.5 Å². The second-order valence-corrected chi connectivity index (χ2v) is 9.81. The monoisotopic (exact) mass is 462 g/mol. The number of carboxylic acid groups (broad SMARTS) is 1. The number of carbonyl (C=O) groups excluding carboxylic acids is 2. The maximum Gasteiger partial charge on any atom is 0.407 e. The fourth-order valence-corrected chi connectivity index (χ4v) is 5.76. The van der Waals surface area contributed by atoms with E-state index >= 15 is 0 Å². The average Bonchev–Trinajstić information content (AvgIpc) is 3.49. The van der Waals surface area contributed by atoms with Crippen molar-refractivity contribution >= 4 is 18.0 Å². The van der Waals surface area contributed by atoms with E-state index < -0.39 is 24.0 Å². The highest BCUT2D eigenvalue weighted by Gasteiger charge is 2.57. The summed E-state index contributed by atoms with van der Waals surface area (Å²) in [6, 6.07) is 15.9. The Hall–Kier alpha value is -3.35. The Labute approximate surface area is 199 Å². The number of aliphatic carboxylic acids is 1. The van der Waals surface area contributed by atoms with Gasteiger partial charge in [-0.15, -0.1) is 0 Å². The molecule has 2 aromatic rings. The van der Waals surface area contributed by atoms with Crippen LogP contribution in [-0.2, 0) is 14.3 Å². The molecule has 3 unspecified atom stereocenters. The van der Waals surface area contributed by atoms with Gasteiger partial charge in [0.1, 0.15) is 6.61 Å². The minimum atomic E-state index is -0.761. The van der Waals surface area contributed by atoms with Crippen LogP contribution in [0, 0.1) is 23.7 Å². The molecule has 2 amide bonds. The molecule has 2 aliphatic carbocycles. The zero-order chi connectivity index (χ0) is 24.0. The Kier molecular flexibility index (Phi) is 5.80. The number of carbonyl (C=O) groups is 3. The number of fused-ring (bicyclic) bond motifs is 4. The first-order valence-electron chi connectivity index (χ1n) is 12.0. The van der Waals surface area contributed by atoms with Crippen molar-refractivity contribution in [3.05, 3.63) is 59.7 Å². The molecule has 1 heterocycles. The lowest BCUT2D eigenvalue weighted by molar-refractivity contribution is -0.140. The van der Waals surface area contributed by atoms with Gasteiger partial charge in [-0.2, -0.15) is 0 Å². The number of nitrogens with one attached hydrogen (secondary N) is 1. The number of hydrogen-bond donors (Lipinski definition) is 2. The van der Waals surface area contributed by atoms with E-state index in [1.165, 1.54) is 11.1 Å². The molecule has 2 aromatic carbocycles. The summed E-state index contributed by atoms with van der Waals surface area (Å²) in [4.78, 5) is 38.6. The van der Waals surface area contributed by atoms with Crippen molar-refractivity contribution in [1.82, 2.24) is 10.2 Å². The highest BCUT2D eigenvalue weighted by atomic mass is 16.5. The summed E-state index contributed by atoms with van der Waals surface area (Å²) in [6.07, 6.45) is 0.190. The topological polar surface area (TPSA) is 95.9 Å². The fourth-order valence-electron chi connectivity index (χ4n) is 5.76. The largest absolute Gasteiger partial charge is 0.481 e. The lowest BCUT2D eigenvalue weighted by Crippen LogP contribution is -2.47. The molecular formula is C27H30N2O5. The van der Waals surface area contributed by atoms with Gasteiger partial charge in [-0.05, 0) is 47.4 Å². The zero-order valence-corrected chi connectivity index (χ0v) is 19.4. The van der Waals surface area contributed by atoms with Crippen LogP contribution in [0.3, 0.4) is 0 Å². The number of rotatable bonds is 6. The first kappa shape index (κ1) is 22.4. The number of likely N-dealkylation sites (tertiary alicyclic amines) is 1. The highest BCUT2D eigenvalue weighted by molar-refractivity contribution is 5.81. The Balaban J connectivity index is 1.15. The Bertz CT molecular complexity index is 1090. The molecule has 1 saturated heterocycles. The van der Waals surface area contributed by atoms with Crippen LogP contribution in [0.5, 0.6) is 0 Å². The Morgan fingerprint density at radius 2 is 1.65 bits per heavy atom.